The normalized spacial score (nSPS) is 17.8. The molecule has 1 aromatic heterocycles. The Hall–Kier alpha value is -0.880. The van der Waals surface area contributed by atoms with Gasteiger partial charge in [-0.2, -0.15) is 5.10 Å². The van der Waals surface area contributed by atoms with E-state index in [-0.39, 0.29) is 11.8 Å². The van der Waals surface area contributed by atoms with Crippen LogP contribution in [0, 0.1) is 12.8 Å². The summed E-state index contributed by atoms with van der Waals surface area (Å²) in [5.41, 5.74) is 7.61. The number of aryl methyl sites for hydroxylation is 2. The van der Waals surface area contributed by atoms with Crippen molar-refractivity contribution in [3.63, 3.8) is 0 Å². The van der Waals surface area contributed by atoms with Crippen molar-refractivity contribution in [2.24, 2.45) is 11.7 Å². The van der Waals surface area contributed by atoms with Gasteiger partial charge in [0.1, 0.15) is 0 Å². The lowest BCUT2D eigenvalue weighted by Gasteiger charge is -2.30. The van der Waals surface area contributed by atoms with Crippen molar-refractivity contribution >= 4 is 21.8 Å². The van der Waals surface area contributed by atoms with Gasteiger partial charge in [-0.25, -0.2) is 0 Å². The third kappa shape index (κ3) is 3.17. The van der Waals surface area contributed by atoms with Crippen molar-refractivity contribution in [2.45, 2.75) is 39.8 Å². The van der Waals surface area contributed by atoms with Crippen molar-refractivity contribution in [3.05, 3.63) is 15.9 Å². The van der Waals surface area contributed by atoms with Crippen LogP contribution in [0.5, 0.6) is 0 Å². The van der Waals surface area contributed by atoms with E-state index in [4.69, 9.17) is 5.73 Å². The number of primary amides is 1. The van der Waals surface area contributed by atoms with E-state index in [9.17, 15) is 4.79 Å². The SMILES string of the molecule is CCn1nc(C)c(Br)c1CN1CCC(C(N)=O)CC1. The molecule has 6 heteroatoms. The van der Waals surface area contributed by atoms with Crippen molar-refractivity contribution in [1.29, 1.82) is 0 Å². The molecule has 2 heterocycles. The Morgan fingerprint density at radius 3 is 2.63 bits per heavy atom. The van der Waals surface area contributed by atoms with Gasteiger partial charge in [-0.15, -0.1) is 0 Å². The van der Waals surface area contributed by atoms with Gasteiger partial charge in [-0.3, -0.25) is 14.4 Å². The maximum absolute atomic E-state index is 11.2. The third-order valence-electron chi connectivity index (χ3n) is 3.82. The average molecular weight is 329 g/mol. The molecule has 1 aliphatic rings. The number of carbonyl (C=O) groups is 1. The van der Waals surface area contributed by atoms with E-state index >= 15 is 0 Å². The monoisotopic (exact) mass is 328 g/mol. The van der Waals surface area contributed by atoms with Gasteiger partial charge in [0.05, 0.1) is 15.9 Å². The molecule has 2 N–H and O–H groups in total. The van der Waals surface area contributed by atoms with Gasteiger partial charge < -0.3 is 5.73 Å². The molecule has 1 fully saturated rings. The van der Waals surface area contributed by atoms with E-state index in [1.54, 1.807) is 0 Å². The molecule has 0 unspecified atom stereocenters. The molecule has 0 aromatic carbocycles. The molecule has 1 amide bonds. The fraction of sp³-hybridized carbons (Fsp3) is 0.692. The molecule has 0 saturated carbocycles. The van der Waals surface area contributed by atoms with Crippen LogP contribution in [0.25, 0.3) is 0 Å². The van der Waals surface area contributed by atoms with Gasteiger partial charge in [-0.1, -0.05) is 0 Å². The molecule has 1 saturated heterocycles. The molecule has 106 valence electrons. The predicted octanol–water partition coefficient (Wildman–Crippen LogP) is 1.67. The maximum atomic E-state index is 11.2. The number of aromatic nitrogens is 2. The molecular formula is C13H21BrN4O. The smallest absolute Gasteiger partial charge is 0.220 e. The zero-order chi connectivity index (χ0) is 14.0. The Bertz CT molecular complexity index is 463. The molecule has 0 radical (unpaired) electrons. The van der Waals surface area contributed by atoms with E-state index in [1.165, 1.54) is 5.69 Å². The van der Waals surface area contributed by atoms with E-state index in [1.807, 2.05) is 11.6 Å². The summed E-state index contributed by atoms with van der Waals surface area (Å²) in [5.74, 6) is -0.104. The third-order valence-corrected chi connectivity index (χ3v) is 4.85. The van der Waals surface area contributed by atoms with Gasteiger partial charge in [0.2, 0.25) is 5.91 Å². The Morgan fingerprint density at radius 1 is 1.47 bits per heavy atom. The van der Waals surface area contributed by atoms with Crippen molar-refractivity contribution in [2.75, 3.05) is 13.1 Å². The van der Waals surface area contributed by atoms with Crippen molar-refractivity contribution in [1.82, 2.24) is 14.7 Å². The number of amides is 1. The molecule has 1 aliphatic heterocycles. The topological polar surface area (TPSA) is 64.2 Å². The van der Waals surface area contributed by atoms with E-state index in [2.05, 4.69) is 32.9 Å². The number of hydrogen-bond acceptors (Lipinski definition) is 3. The first-order chi connectivity index (χ1) is 9.02. The summed E-state index contributed by atoms with van der Waals surface area (Å²) in [4.78, 5) is 13.5. The Morgan fingerprint density at radius 2 is 2.11 bits per heavy atom. The minimum atomic E-state index is -0.157. The number of rotatable bonds is 4. The summed E-state index contributed by atoms with van der Waals surface area (Å²) in [6, 6.07) is 0. The highest BCUT2D eigenvalue weighted by atomic mass is 79.9. The van der Waals surface area contributed by atoms with E-state index < -0.39 is 0 Å². The zero-order valence-electron chi connectivity index (χ0n) is 11.5. The summed E-state index contributed by atoms with van der Waals surface area (Å²) in [6.07, 6.45) is 1.73. The second-order valence-electron chi connectivity index (χ2n) is 5.11. The molecule has 0 aliphatic carbocycles. The number of carbonyl (C=O) groups excluding carboxylic acids is 1. The molecule has 5 nitrogen and oxygen atoms in total. The van der Waals surface area contributed by atoms with Crippen LogP contribution in [-0.4, -0.2) is 33.7 Å². The fourth-order valence-electron chi connectivity index (χ4n) is 2.61. The van der Waals surface area contributed by atoms with Crippen molar-refractivity contribution < 1.29 is 4.79 Å². The molecule has 0 bridgehead atoms. The standard InChI is InChI=1S/C13H21BrN4O/c1-3-18-11(12(14)9(2)16-18)8-17-6-4-10(5-7-17)13(15)19/h10H,3-8H2,1-2H3,(H2,15,19). The van der Waals surface area contributed by atoms with Gasteiger partial charge in [0.25, 0.3) is 0 Å². The van der Waals surface area contributed by atoms with Crippen LogP contribution in [0.15, 0.2) is 4.47 Å². The summed E-state index contributed by atoms with van der Waals surface area (Å²) in [6.45, 7) is 7.71. The number of likely N-dealkylation sites (tertiary alicyclic amines) is 1. The minimum Gasteiger partial charge on any atom is -0.369 e. The van der Waals surface area contributed by atoms with Gasteiger partial charge in [0, 0.05) is 19.0 Å². The molecule has 2 rings (SSSR count). The minimum absolute atomic E-state index is 0.0533. The maximum Gasteiger partial charge on any atom is 0.220 e. The summed E-state index contributed by atoms with van der Waals surface area (Å²) >= 11 is 3.62. The van der Waals surface area contributed by atoms with E-state index in [0.29, 0.717) is 0 Å². The highest BCUT2D eigenvalue weighted by Crippen LogP contribution is 2.25. The van der Waals surface area contributed by atoms with Crippen LogP contribution in [0.4, 0.5) is 0 Å². The number of piperidine rings is 1. The zero-order valence-corrected chi connectivity index (χ0v) is 13.1. The van der Waals surface area contributed by atoms with Crippen LogP contribution in [0.2, 0.25) is 0 Å². The first-order valence-electron chi connectivity index (χ1n) is 6.76. The summed E-state index contributed by atoms with van der Waals surface area (Å²) < 4.78 is 3.14. The highest BCUT2D eigenvalue weighted by molar-refractivity contribution is 9.10. The Labute approximate surface area is 122 Å². The molecular weight excluding hydrogens is 308 g/mol. The first kappa shape index (κ1) is 14.5. The Kier molecular flexibility index (Phi) is 4.62. The first-order valence-corrected chi connectivity index (χ1v) is 7.55. The fourth-order valence-corrected chi connectivity index (χ4v) is 3.02. The van der Waals surface area contributed by atoms with Crippen molar-refractivity contribution in [3.8, 4) is 0 Å². The van der Waals surface area contributed by atoms with Crippen LogP contribution in [0.1, 0.15) is 31.2 Å². The van der Waals surface area contributed by atoms with Gasteiger partial charge in [0.15, 0.2) is 0 Å². The van der Waals surface area contributed by atoms with Crippen LogP contribution in [-0.2, 0) is 17.9 Å². The lowest BCUT2D eigenvalue weighted by Crippen LogP contribution is -2.38. The largest absolute Gasteiger partial charge is 0.369 e. The van der Waals surface area contributed by atoms with Crippen LogP contribution >= 0.6 is 15.9 Å². The number of hydrogen-bond donors (Lipinski definition) is 1. The second-order valence-corrected chi connectivity index (χ2v) is 5.91. The Balaban J connectivity index is 2.01. The van der Waals surface area contributed by atoms with Crippen LogP contribution in [0.3, 0.4) is 0 Å². The molecule has 19 heavy (non-hydrogen) atoms. The highest BCUT2D eigenvalue weighted by Gasteiger charge is 2.24. The van der Waals surface area contributed by atoms with E-state index in [0.717, 1.165) is 49.2 Å². The second kappa shape index (κ2) is 6.05. The van der Waals surface area contributed by atoms with Crippen LogP contribution < -0.4 is 5.73 Å². The number of nitrogens with two attached hydrogens (primary N) is 1. The molecule has 0 atom stereocenters. The van der Waals surface area contributed by atoms with Gasteiger partial charge >= 0.3 is 0 Å². The lowest BCUT2D eigenvalue weighted by atomic mass is 9.96. The molecule has 1 aromatic rings. The number of halogens is 1. The predicted molar refractivity (Wildman–Crippen MR) is 77.5 cm³/mol. The van der Waals surface area contributed by atoms with Gasteiger partial charge in [-0.05, 0) is 55.7 Å². The quantitative estimate of drug-likeness (QED) is 0.914. The average Bonchev–Trinajstić information content (AvgIpc) is 2.67. The lowest BCUT2D eigenvalue weighted by molar-refractivity contribution is -0.123. The molecule has 0 spiro atoms. The number of nitrogens with zero attached hydrogens (tertiary/aromatic N) is 3. The summed E-state index contributed by atoms with van der Waals surface area (Å²) in [5, 5.41) is 4.51. The summed E-state index contributed by atoms with van der Waals surface area (Å²) in [7, 11) is 0.